The highest BCUT2D eigenvalue weighted by molar-refractivity contribution is 6.30. The smallest absolute Gasteiger partial charge is 0.0796 e. The molecule has 1 aliphatic heterocycles. The fraction of sp³-hybridized carbons (Fsp3) is 0.294. The third-order valence-corrected chi connectivity index (χ3v) is 4.25. The summed E-state index contributed by atoms with van der Waals surface area (Å²) in [5.74, 6) is 0. The van der Waals surface area contributed by atoms with Gasteiger partial charge in [0.1, 0.15) is 0 Å². The maximum atomic E-state index is 5.96. The van der Waals surface area contributed by atoms with E-state index in [4.69, 9.17) is 11.6 Å². The molecule has 0 amide bonds. The first-order chi connectivity index (χ1) is 9.74. The summed E-state index contributed by atoms with van der Waals surface area (Å²) >= 11 is 5.96. The number of anilines is 1. The molecule has 0 saturated carbocycles. The summed E-state index contributed by atoms with van der Waals surface area (Å²) in [4.78, 5) is 4.93. The molecule has 20 heavy (non-hydrogen) atoms. The van der Waals surface area contributed by atoms with E-state index in [0.29, 0.717) is 6.17 Å². The van der Waals surface area contributed by atoms with Crippen molar-refractivity contribution in [3.8, 4) is 0 Å². The number of rotatable bonds is 3. The van der Waals surface area contributed by atoms with E-state index in [1.165, 1.54) is 11.3 Å². The predicted molar refractivity (Wildman–Crippen MR) is 85.1 cm³/mol. The van der Waals surface area contributed by atoms with Crippen LogP contribution in [0.2, 0.25) is 5.02 Å². The van der Waals surface area contributed by atoms with Crippen LogP contribution in [-0.2, 0) is 6.54 Å². The van der Waals surface area contributed by atoms with Gasteiger partial charge in [-0.15, -0.1) is 0 Å². The molecule has 0 aromatic heterocycles. The predicted octanol–water partition coefficient (Wildman–Crippen LogP) is 4.01. The second kappa shape index (κ2) is 5.86. The van der Waals surface area contributed by atoms with E-state index >= 15 is 0 Å². The van der Waals surface area contributed by atoms with Gasteiger partial charge in [-0.1, -0.05) is 41.9 Å². The second-order valence-corrected chi connectivity index (χ2v) is 5.69. The van der Waals surface area contributed by atoms with Gasteiger partial charge in [-0.2, -0.15) is 0 Å². The molecule has 104 valence electrons. The Kier molecular flexibility index (Phi) is 3.95. The zero-order chi connectivity index (χ0) is 13.9. The highest BCUT2D eigenvalue weighted by Crippen LogP contribution is 2.25. The van der Waals surface area contributed by atoms with E-state index in [9.17, 15) is 0 Å². The van der Waals surface area contributed by atoms with Gasteiger partial charge in [-0.25, -0.2) is 0 Å². The van der Waals surface area contributed by atoms with Crippen molar-refractivity contribution >= 4 is 17.3 Å². The lowest BCUT2D eigenvalue weighted by Gasteiger charge is -2.28. The van der Waals surface area contributed by atoms with Crippen molar-refractivity contribution in [3.05, 3.63) is 65.2 Å². The summed E-state index contributed by atoms with van der Waals surface area (Å²) in [6, 6.07) is 18.8. The quantitative estimate of drug-likeness (QED) is 0.841. The first-order valence-corrected chi connectivity index (χ1v) is 7.42. The summed E-state index contributed by atoms with van der Waals surface area (Å²) in [6.45, 7) is 5.44. The molecule has 2 aromatic carbocycles. The zero-order valence-corrected chi connectivity index (χ0v) is 12.4. The number of benzene rings is 2. The van der Waals surface area contributed by atoms with Crippen molar-refractivity contribution in [2.24, 2.45) is 0 Å². The van der Waals surface area contributed by atoms with Crippen molar-refractivity contribution in [3.63, 3.8) is 0 Å². The van der Waals surface area contributed by atoms with Crippen LogP contribution in [0, 0.1) is 0 Å². The molecular weight excluding hydrogens is 268 g/mol. The average molecular weight is 287 g/mol. The third-order valence-electron chi connectivity index (χ3n) is 3.99. The van der Waals surface area contributed by atoms with Crippen molar-refractivity contribution in [2.45, 2.75) is 19.6 Å². The highest BCUT2D eigenvalue weighted by atomic mass is 35.5. The van der Waals surface area contributed by atoms with Crippen molar-refractivity contribution < 1.29 is 0 Å². The Morgan fingerprint density at radius 3 is 2.40 bits per heavy atom. The monoisotopic (exact) mass is 286 g/mol. The van der Waals surface area contributed by atoms with Crippen LogP contribution < -0.4 is 4.90 Å². The van der Waals surface area contributed by atoms with Crippen LogP contribution in [0.4, 0.5) is 5.69 Å². The fourth-order valence-electron chi connectivity index (χ4n) is 2.81. The normalized spacial score (nSPS) is 19.5. The minimum absolute atomic E-state index is 0.413. The van der Waals surface area contributed by atoms with Crippen LogP contribution in [0.25, 0.3) is 0 Å². The maximum absolute atomic E-state index is 5.96. The van der Waals surface area contributed by atoms with E-state index in [2.05, 4.69) is 59.2 Å². The molecular formula is C17H19ClN2. The number of hydrogen-bond acceptors (Lipinski definition) is 2. The van der Waals surface area contributed by atoms with Gasteiger partial charge < -0.3 is 4.90 Å². The van der Waals surface area contributed by atoms with Gasteiger partial charge >= 0.3 is 0 Å². The molecule has 2 aromatic rings. The molecule has 1 unspecified atom stereocenters. The molecule has 1 heterocycles. The van der Waals surface area contributed by atoms with E-state index in [0.717, 1.165) is 24.7 Å². The SMILES string of the molecule is CC1N(Cc2ccccc2)CCN1c1ccc(Cl)cc1. The highest BCUT2D eigenvalue weighted by Gasteiger charge is 2.28. The topological polar surface area (TPSA) is 6.48 Å². The lowest BCUT2D eigenvalue weighted by Crippen LogP contribution is -2.35. The Morgan fingerprint density at radius 1 is 1.00 bits per heavy atom. The number of hydrogen-bond donors (Lipinski definition) is 0. The first kappa shape index (κ1) is 13.5. The summed E-state index contributed by atoms with van der Waals surface area (Å²) < 4.78 is 0. The van der Waals surface area contributed by atoms with Gasteiger partial charge in [0.25, 0.3) is 0 Å². The molecule has 0 N–H and O–H groups in total. The molecule has 0 spiro atoms. The minimum atomic E-state index is 0.413. The van der Waals surface area contributed by atoms with Crippen LogP contribution in [0.3, 0.4) is 0 Å². The summed E-state index contributed by atoms with van der Waals surface area (Å²) in [6.07, 6.45) is 0.413. The van der Waals surface area contributed by atoms with E-state index in [1.807, 2.05) is 12.1 Å². The molecule has 3 heteroatoms. The fourth-order valence-corrected chi connectivity index (χ4v) is 2.94. The van der Waals surface area contributed by atoms with E-state index in [1.54, 1.807) is 0 Å². The van der Waals surface area contributed by atoms with Gasteiger partial charge in [0.05, 0.1) is 6.17 Å². The molecule has 3 rings (SSSR count). The molecule has 0 radical (unpaired) electrons. The third kappa shape index (κ3) is 2.82. The summed E-state index contributed by atoms with van der Waals surface area (Å²) in [5.41, 5.74) is 2.62. The average Bonchev–Trinajstić information content (AvgIpc) is 2.83. The Balaban J connectivity index is 1.70. The van der Waals surface area contributed by atoms with E-state index < -0.39 is 0 Å². The molecule has 1 saturated heterocycles. The summed E-state index contributed by atoms with van der Waals surface area (Å²) in [7, 11) is 0. The lowest BCUT2D eigenvalue weighted by molar-refractivity contribution is 0.262. The van der Waals surface area contributed by atoms with Crippen molar-refractivity contribution in [1.82, 2.24) is 4.90 Å². The molecule has 0 bridgehead atoms. The van der Waals surface area contributed by atoms with Gasteiger partial charge in [0, 0.05) is 30.3 Å². The summed E-state index contributed by atoms with van der Waals surface area (Å²) in [5, 5.41) is 0.793. The van der Waals surface area contributed by atoms with Crippen LogP contribution >= 0.6 is 11.6 Å². The number of halogens is 1. The van der Waals surface area contributed by atoms with Gasteiger partial charge in [-0.3, -0.25) is 4.90 Å². The Morgan fingerprint density at radius 2 is 1.70 bits per heavy atom. The Labute approximate surface area is 125 Å². The molecule has 1 atom stereocenters. The molecule has 1 fully saturated rings. The lowest BCUT2D eigenvalue weighted by atomic mass is 10.2. The number of nitrogens with zero attached hydrogens (tertiary/aromatic N) is 2. The largest absolute Gasteiger partial charge is 0.355 e. The molecule has 1 aliphatic rings. The van der Waals surface area contributed by atoms with Gasteiger partial charge in [0.2, 0.25) is 0 Å². The van der Waals surface area contributed by atoms with Crippen molar-refractivity contribution in [1.29, 1.82) is 0 Å². The van der Waals surface area contributed by atoms with Crippen LogP contribution in [0.5, 0.6) is 0 Å². The minimum Gasteiger partial charge on any atom is -0.355 e. The standard InChI is InChI=1S/C17H19ClN2/c1-14-19(13-15-5-3-2-4-6-15)11-12-20(14)17-9-7-16(18)8-10-17/h2-10,14H,11-13H2,1H3. The van der Waals surface area contributed by atoms with Gasteiger partial charge in [-0.05, 0) is 36.8 Å². The van der Waals surface area contributed by atoms with E-state index in [-0.39, 0.29) is 0 Å². The van der Waals surface area contributed by atoms with Crippen LogP contribution in [0.1, 0.15) is 12.5 Å². The Hall–Kier alpha value is -1.51. The van der Waals surface area contributed by atoms with Crippen LogP contribution in [-0.4, -0.2) is 24.2 Å². The maximum Gasteiger partial charge on any atom is 0.0796 e. The van der Waals surface area contributed by atoms with Crippen molar-refractivity contribution in [2.75, 3.05) is 18.0 Å². The zero-order valence-electron chi connectivity index (χ0n) is 11.7. The Bertz CT molecular complexity index is 553. The van der Waals surface area contributed by atoms with Crippen LogP contribution in [0.15, 0.2) is 54.6 Å². The second-order valence-electron chi connectivity index (χ2n) is 5.26. The first-order valence-electron chi connectivity index (χ1n) is 7.04. The molecule has 2 nitrogen and oxygen atoms in total. The van der Waals surface area contributed by atoms with Gasteiger partial charge in [0.15, 0.2) is 0 Å². The molecule has 0 aliphatic carbocycles.